The molecule has 0 heterocycles. The summed E-state index contributed by atoms with van der Waals surface area (Å²) in [5, 5.41) is 31.5. The molecule has 0 aromatic heterocycles. The van der Waals surface area contributed by atoms with Crippen LogP contribution in [0.25, 0.3) is 0 Å². The van der Waals surface area contributed by atoms with Crippen LogP contribution in [0.3, 0.4) is 0 Å². The van der Waals surface area contributed by atoms with E-state index in [0.717, 1.165) is 19.3 Å². The zero-order valence-electron chi connectivity index (χ0n) is 16.2. The Hall–Kier alpha value is -0.650. The number of rotatable bonds is 15. The molecule has 0 rings (SSSR count). The Kier molecular flexibility index (Phi) is 11.5. The van der Waals surface area contributed by atoms with Crippen LogP contribution in [-0.4, -0.2) is 53.6 Å². The van der Waals surface area contributed by atoms with Gasteiger partial charge in [0.1, 0.15) is 5.97 Å². The van der Waals surface area contributed by atoms with E-state index in [1.807, 2.05) is 0 Å². The normalized spacial score (nSPS) is 13.9. The van der Waals surface area contributed by atoms with E-state index in [1.165, 1.54) is 44.9 Å². The fourth-order valence-corrected chi connectivity index (χ4v) is 3.31. The number of carboxylic acid groups (broad SMARTS) is 1. The van der Waals surface area contributed by atoms with Crippen molar-refractivity contribution in [3.63, 3.8) is 0 Å². The second-order valence-electron chi connectivity index (χ2n) is 8.00. The van der Waals surface area contributed by atoms with Gasteiger partial charge in [0.05, 0.1) is 21.1 Å². The van der Waals surface area contributed by atoms with Gasteiger partial charge < -0.3 is 24.6 Å². The van der Waals surface area contributed by atoms with Gasteiger partial charge in [-0.3, -0.25) is 0 Å². The summed E-state index contributed by atoms with van der Waals surface area (Å²) >= 11 is 0. The number of carbonyl (C=O) groups excluding carboxylic acids is 1. The smallest absolute Gasteiger partial charge is 0.222 e. The Morgan fingerprint density at radius 1 is 0.875 bits per heavy atom. The highest BCUT2D eigenvalue weighted by Gasteiger charge is 2.44. The van der Waals surface area contributed by atoms with Crippen LogP contribution in [0.15, 0.2) is 0 Å². The molecule has 0 aliphatic rings. The lowest BCUT2D eigenvalue weighted by Gasteiger charge is -2.41. The van der Waals surface area contributed by atoms with Crippen molar-refractivity contribution in [1.82, 2.24) is 0 Å². The molecule has 0 fully saturated rings. The minimum Gasteiger partial charge on any atom is -0.544 e. The highest BCUT2D eigenvalue weighted by Crippen LogP contribution is 2.23. The van der Waals surface area contributed by atoms with Crippen LogP contribution in [0.2, 0.25) is 0 Å². The third-order valence-corrected chi connectivity index (χ3v) is 4.58. The SMILES string of the molecule is CCCCCCCCCCCCCC(O)(O)C(C(=O)[O-])[N+](C)(C)C. The minimum atomic E-state index is -2.23. The first-order valence-electron chi connectivity index (χ1n) is 9.59. The summed E-state index contributed by atoms with van der Waals surface area (Å²) < 4.78 is -0.0760. The summed E-state index contributed by atoms with van der Waals surface area (Å²) in [6.07, 6.45) is 12.9. The molecule has 5 heteroatoms. The van der Waals surface area contributed by atoms with Gasteiger partial charge in [0.15, 0.2) is 6.04 Å². The first-order chi connectivity index (χ1) is 11.1. The highest BCUT2D eigenvalue weighted by atomic mass is 16.5. The number of quaternary nitrogens is 1. The van der Waals surface area contributed by atoms with Gasteiger partial charge in [0.25, 0.3) is 0 Å². The van der Waals surface area contributed by atoms with Gasteiger partial charge in [-0.1, -0.05) is 71.1 Å². The summed E-state index contributed by atoms with van der Waals surface area (Å²) in [6, 6.07) is -1.35. The standard InChI is InChI=1S/C19H39NO4/c1-5-6-7-8-9-10-11-12-13-14-15-16-19(23,24)17(18(21)22)20(2,3)4/h17,23-24H,5-16H2,1-4H3. The van der Waals surface area contributed by atoms with Crippen LogP contribution in [0, 0.1) is 0 Å². The van der Waals surface area contributed by atoms with Crippen molar-refractivity contribution in [2.24, 2.45) is 0 Å². The Bertz CT molecular complexity index is 337. The van der Waals surface area contributed by atoms with E-state index < -0.39 is 17.8 Å². The monoisotopic (exact) mass is 345 g/mol. The van der Waals surface area contributed by atoms with Crippen molar-refractivity contribution in [3.8, 4) is 0 Å². The van der Waals surface area contributed by atoms with Gasteiger partial charge >= 0.3 is 0 Å². The van der Waals surface area contributed by atoms with E-state index in [0.29, 0.717) is 6.42 Å². The van der Waals surface area contributed by atoms with Crippen molar-refractivity contribution >= 4 is 5.97 Å². The number of hydrogen-bond acceptors (Lipinski definition) is 4. The van der Waals surface area contributed by atoms with Gasteiger partial charge in [0.2, 0.25) is 5.79 Å². The Morgan fingerprint density at radius 2 is 1.25 bits per heavy atom. The molecule has 0 aromatic carbocycles. The number of likely N-dealkylation sites (N-methyl/N-ethyl adjacent to an activating group) is 1. The zero-order chi connectivity index (χ0) is 18.6. The Balaban J connectivity index is 3.84. The summed E-state index contributed by atoms with van der Waals surface area (Å²) in [4.78, 5) is 11.2. The first kappa shape index (κ1) is 23.4. The molecule has 1 unspecified atom stereocenters. The largest absolute Gasteiger partial charge is 0.544 e. The van der Waals surface area contributed by atoms with Crippen molar-refractivity contribution in [2.45, 2.75) is 95.8 Å². The first-order valence-corrected chi connectivity index (χ1v) is 9.59. The van der Waals surface area contributed by atoms with E-state index in [4.69, 9.17) is 0 Å². The van der Waals surface area contributed by atoms with Crippen LogP contribution >= 0.6 is 0 Å². The molecule has 0 aromatic rings. The van der Waals surface area contributed by atoms with Crippen LogP contribution < -0.4 is 5.11 Å². The van der Waals surface area contributed by atoms with Crippen LogP contribution in [0.1, 0.15) is 84.0 Å². The van der Waals surface area contributed by atoms with E-state index in [1.54, 1.807) is 21.1 Å². The molecule has 24 heavy (non-hydrogen) atoms. The summed E-state index contributed by atoms with van der Waals surface area (Å²) in [6.45, 7) is 2.23. The molecule has 0 amide bonds. The fourth-order valence-electron chi connectivity index (χ4n) is 3.31. The predicted molar refractivity (Wildman–Crippen MR) is 95.1 cm³/mol. The fraction of sp³-hybridized carbons (Fsp3) is 0.947. The number of carboxylic acids is 1. The molecule has 1 atom stereocenters. The van der Waals surface area contributed by atoms with Crippen molar-refractivity contribution < 1.29 is 24.6 Å². The minimum absolute atomic E-state index is 0.0676. The molecule has 5 nitrogen and oxygen atoms in total. The van der Waals surface area contributed by atoms with Gasteiger partial charge in [-0.2, -0.15) is 0 Å². The second kappa shape index (κ2) is 11.8. The number of carbonyl (C=O) groups is 1. The van der Waals surface area contributed by atoms with Gasteiger partial charge in [-0.05, 0) is 6.42 Å². The summed E-state index contributed by atoms with van der Waals surface area (Å²) in [7, 11) is 4.88. The zero-order valence-corrected chi connectivity index (χ0v) is 16.2. The van der Waals surface area contributed by atoms with E-state index in [-0.39, 0.29) is 10.9 Å². The maximum absolute atomic E-state index is 11.2. The lowest BCUT2D eigenvalue weighted by molar-refractivity contribution is -0.901. The average Bonchev–Trinajstić information content (AvgIpc) is 2.42. The van der Waals surface area contributed by atoms with Crippen LogP contribution in [0.4, 0.5) is 0 Å². The molecule has 0 aliphatic carbocycles. The second-order valence-corrected chi connectivity index (χ2v) is 8.00. The number of hydrogen-bond donors (Lipinski definition) is 2. The quantitative estimate of drug-likeness (QED) is 0.271. The van der Waals surface area contributed by atoms with E-state index in [9.17, 15) is 20.1 Å². The number of nitrogens with zero attached hydrogens (tertiary/aromatic N) is 1. The Labute approximate surface area is 148 Å². The predicted octanol–water partition coefficient (Wildman–Crippen LogP) is 2.19. The van der Waals surface area contributed by atoms with Gasteiger partial charge in [0, 0.05) is 6.42 Å². The number of aliphatic carboxylic acids is 1. The number of aliphatic hydroxyl groups is 2. The molecular formula is C19H39NO4. The molecule has 0 radical (unpaired) electrons. The molecular weight excluding hydrogens is 306 g/mol. The lowest BCUT2D eigenvalue weighted by Crippen LogP contribution is -2.66. The maximum atomic E-state index is 11.2. The molecule has 0 saturated heterocycles. The third kappa shape index (κ3) is 10.3. The number of unbranched alkanes of at least 4 members (excludes halogenated alkanes) is 10. The van der Waals surface area contributed by atoms with Crippen molar-refractivity contribution in [1.29, 1.82) is 0 Å². The molecule has 144 valence electrons. The summed E-state index contributed by atoms with van der Waals surface area (Å²) in [5.41, 5.74) is 0. The third-order valence-electron chi connectivity index (χ3n) is 4.58. The van der Waals surface area contributed by atoms with E-state index in [2.05, 4.69) is 6.92 Å². The molecule has 0 spiro atoms. The maximum Gasteiger partial charge on any atom is 0.222 e. The van der Waals surface area contributed by atoms with Crippen molar-refractivity contribution in [2.75, 3.05) is 21.1 Å². The summed E-state index contributed by atoms with van der Waals surface area (Å²) in [5.74, 6) is -3.65. The van der Waals surface area contributed by atoms with Gasteiger partial charge in [-0.25, -0.2) is 0 Å². The Morgan fingerprint density at radius 3 is 1.58 bits per heavy atom. The average molecular weight is 346 g/mol. The van der Waals surface area contributed by atoms with E-state index >= 15 is 0 Å². The molecule has 0 aliphatic heterocycles. The van der Waals surface area contributed by atoms with Crippen molar-refractivity contribution in [3.05, 3.63) is 0 Å². The molecule has 0 bridgehead atoms. The van der Waals surface area contributed by atoms with Crippen LogP contribution in [-0.2, 0) is 4.79 Å². The molecule has 0 saturated carbocycles. The topological polar surface area (TPSA) is 80.6 Å². The highest BCUT2D eigenvalue weighted by molar-refractivity contribution is 5.71. The van der Waals surface area contributed by atoms with Crippen LogP contribution in [0.5, 0.6) is 0 Å². The van der Waals surface area contributed by atoms with Gasteiger partial charge in [-0.15, -0.1) is 0 Å². The lowest BCUT2D eigenvalue weighted by atomic mass is 9.97. The molecule has 2 N–H and O–H groups in total.